The van der Waals surface area contributed by atoms with Crippen LogP contribution in [-0.2, 0) is 4.79 Å². The van der Waals surface area contributed by atoms with E-state index in [1.165, 1.54) is 6.07 Å². The minimum absolute atomic E-state index is 0.0548. The SMILES string of the molecule is CC(C)N(CC(N)=O)c1ccc(C(N)=O)cc1N. The average Bonchev–Trinajstić information content (AvgIpc) is 2.25. The van der Waals surface area contributed by atoms with Crippen LogP contribution < -0.4 is 22.1 Å². The van der Waals surface area contributed by atoms with Crippen molar-refractivity contribution in [1.29, 1.82) is 0 Å². The second-order valence-electron chi connectivity index (χ2n) is 4.33. The third-order valence-electron chi connectivity index (χ3n) is 2.57. The lowest BCUT2D eigenvalue weighted by Crippen LogP contribution is -2.39. The fourth-order valence-electron chi connectivity index (χ4n) is 1.68. The van der Waals surface area contributed by atoms with Crippen molar-refractivity contribution in [3.8, 4) is 0 Å². The van der Waals surface area contributed by atoms with Gasteiger partial charge in [-0.15, -0.1) is 0 Å². The summed E-state index contributed by atoms with van der Waals surface area (Å²) in [5, 5.41) is 0. The molecule has 98 valence electrons. The van der Waals surface area contributed by atoms with Crippen LogP contribution in [0, 0.1) is 0 Å². The molecule has 6 heteroatoms. The number of rotatable bonds is 5. The summed E-state index contributed by atoms with van der Waals surface area (Å²) in [6, 6.07) is 4.79. The summed E-state index contributed by atoms with van der Waals surface area (Å²) >= 11 is 0. The lowest BCUT2D eigenvalue weighted by atomic mass is 10.1. The summed E-state index contributed by atoms with van der Waals surface area (Å²) in [7, 11) is 0. The van der Waals surface area contributed by atoms with Gasteiger partial charge in [-0.1, -0.05) is 0 Å². The first-order valence-electron chi connectivity index (χ1n) is 5.57. The maximum absolute atomic E-state index is 11.0. The second kappa shape index (κ2) is 5.39. The van der Waals surface area contributed by atoms with Gasteiger partial charge in [0.1, 0.15) is 0 Å². The van der Waals surface area contributed by atoms with Gasteiger partial charge in [0.25, 0.3) is 0 Å². The Balaban J connectivity index is 3.13. The van der Waals surface area contributed by atoms with Gasteiger partial charge in [0.2, 0.25) is 11.8 Å². The van der Waals surface area contributed by atoms with Crippen molar-refractivity contribution in [1.82, 2.24) is 0 Å². The minimum Gasteiger partial charge on any atom is -0.397 e. The van der Waals surface area contributed by atoms with Gasteiger partial charge in [0.05, 0.1) is 17.9 Å². The Kier molecular flexibility index (Phi) is 4.14. The molecule has 0 fully saturated rings. The number of nitrogen functional groups attached to an aromatic ring is 1. The summed E-state index contributed by atoms with van der Waals surface area (Å²) in [6.45, 7) is 3.91. The predicted octanol–water partition coefficient (Wildman–Crippen LogP) is 0.0678. The van der Waals surface area contributed by atoms with E-state index in [1.54, 1.807) is 17.0 Å². The van der Waals surface area contributed by atoms with Crippen LogP contribution in [0.3, 0.4) is 0 Å². The molecule has 0 radical (unpaired) electrons. The van der Waals surface area contributed by atoms with E-state index in [4.69, 9.17) is 17.2 Å². The zero-order valence-electron chi connectivity index (χ0n) is 10.5. The highest BCUT2D eigenvalue weighted by molar-refractivity contribution is 5.95. The lowest BCUT2D eigenvalue weighted by Gasteiger charge is -2.28. The molecular formula is C12H18N4O2. The number of anilines is 2. The summed E-state index contributed by atoms with van der Waals surface area (Å²) in [4.78, 5) is 23.8. The van der Waals surface area contributed by atoms with Crippen LogP contribution in [0.4, 0.5) is 11.4 Å². The first kappa shape index (κ1) is 13.8. The first-order valence-corrected chi connectivity index (χ1v) is 5.57. The first-order chi connectivity index (χ1) is 8.32. The van der Waals surface area contributed by atoms with Gasteiger partial charge in [0.15, 0.2) is 0 Å². The number of nitrogens with zero attached hydrogens (tertiary/aromatic N) is 1. The molecule has 1 aromatic carbocycles. The molecule has 0 heterocycles. The molecule has 0 bridgehead atoms. The monoisotopic (exact) mass is 250 g/mol. The summed E-state index contributed by atoms with van der Waals surface area (Å²) in [5.74, 6) is -0.985. The summed E-state index contributed by atoms with van der Waals surface area (Å²) in [6.07, 6.45) is 0. The van der Waals surface area contributed by atoms with E-state index in [1.807, 2.05) is 13.8 Å². The number of carbonyl (C=O) groups excluding carboxylic acids is 2. The third kappa shape index (κ3) is 3.13. The van der Waals surface area contributed by atoms with Crippen molar-refractivity contribution in [2.45, 2.75) is 19.9 Å². The average molecular weight is 250 g/mol. The molecule has 1 aromatic rings. The molecule has 0 saturated heterocycles. The molecule has 0 aliphatic carbocycles. The van der Waals surface area contributed by atoms with Crippen LogP contribution in [0.5, 0.6) is 0 Å². The van der Waals surface area contributed by atoms with Gasteiger partial charge in [-0.05, 0) is 32.0 Å². The Morgan fingerprint density at radius 3 is 2.28 bits per heavy atom. The fraction of sp³-hybridized carbons (Fsp3) is 0.333. The molecule has 6 nitrogen and oxygen atoms in total. The zero-order valence-corrected chi connectivity index (χ0v) is 10.5. The van der Waals surface area contributed by atoms with Crippen LogP contribution in [0.1, 0.15) is 24.2 Å². The fourth-order valence-corrected chi connectivity index (χ4v) is 1.68. The van der Waals surface area contributed by atoms with Gasteiger partial charge in [-0.25, -0.2) is 0 Å². The quantitative estimate of drug-likeness (QED) is 0.641. The number of benzene rings is 1. The van der Waals surface area contributed by atoms with E-state index in [9.17, 15) is 9.59 Å². The van der Waals surface area contributed by atoms with Crippen molar-refractivity contribution < 1.29 is 9.59 Å². The van der Waals surface area contributed by atoms with Gasteiger partial charge < -0.3 is 22.1 Å². The Hall–Kier alpha value is -2.24. The van der Waals surface area contributed by atoms with Crippen molar-refractivity contribution in [3.63, 3.8) is 0 Å². The van der Waals surface area contributed by atoms with Crippen molar-refractivity contribution in [2.24, 2.45) is 11.5 Å². The molecule has 2 amide bonds. The van der Waals surface area contributed by atoms with E-state index < -0.39 is 11.8 Å². The molecule has 6 N–H and O–H groups in total. The van der Waals surface area contributed by atoms with E-state index in [2.05, 4.69) is 0 Å². The third-order valence-corrected chi connectivity index (χ3v) is 2.57. The highest BCUT2D eigenvalue weighted by atomic mass is 16.1. The molecule has 0 aliphatic heterocycles. The van der Waals surface area contributed by atoms with Crippen LogP contribution in [0.15, 0.2) is 18.2 Å². The number of hydrogen-bond acceptors (Lipinski definition) is 4. The van der Waals surface area contributed by atoms with Gasteiger partial charge in [0, 0.05) is 11.6 Å². The molecular weight excluding hydrogens is 232 g/mol. The largest absolute Gasteiger partial charge is 0.397 e. The standard InChI is InChI=1S/C12H18N4O2/c1-7(2)16(6-11(14)17)10-4-3-8(12(15)18)5-9(10)13/h3-5,7H,6,13H2,1-2H3,(H2,14,17)(H2,15,18). The number of nitrogens with two attached hydrogens (primary N) is 3. The van der Waals surface area contributed by atoms with Crippen LogP contribution in [0.25, 0.3) is 0 Å². The highest BCUT2D eigenvalue weighted by Crippen LogP contribution is 2.25. The number of primary amides is 2. The smallest absolute Gasteiger partial charge is 0.248 e. The molecule has 0 saturated carbocycles. The van der Waals surface area contributed by atoms with E-state index in [-0.39, 0.29) is 12.6 Å². The highest BCUT2D eigenvalue weighted by Gasteiger charge is 2.16. The van der Waals surface area contributed by atoms with E-state index in [0.717, 1.165) is 0 Å². The Labute approximate surface area is 106 Å². The molecule has 18 heavy (non-hydrogen) atoms. The Morgan fingerprint density at radius 2 is 1.89 bits per heavy atom. The molecule has 0 unspecified atom stereocenters. The Bertz CT molecular complexity index is 471. The molecule has 0 aromatic heterocycles. The van der Waals surface area contributed by atoms with E-state index in [0.29, 0.717) is 16.9 Å². The van der Waals surface area contributed by atoms with Crippen LogP contribution >= 0.6 is 0 Å². The normalized spacial score (nSPS) is 10.4. The van der Waals surface area contributed by atoms with Crippen LogP contribution in [0.2, 0.25) is 0 Å². The predicted molar refractivity (Wildman–Crippen MR) is 71.0 cm³/mol. The van der Waals surface area contributed by atoms with Crippen molar-refractivity contribution >= 4 is 23.2 Å². The molecule has 0 aliphatic rings. The number of hydrogen-bond donors (Lipinski definition) is 3. The summed E-state index contributed by atoms with van der Waals surface area (Å²) in [5.41, 5.74) is 17.6. The second-order valence-corrected chi connectivity index (χ2v) is 4.33. The topological polar surface area (TPSA) is 115 Å². The molecule has 1 rings (SSSR count). The Morgan fingerprint density at radius 1 is 1.28 bits per heavy atom. The van der Waals surface area contributed by atoms with Crippen LogP contribution in [-0.4, -0.2) is 24.4 Å². The van der Waals surface area contributed by atoms with Gasteiger partial charge in [-0.2, -0.15) is 0 Å². The van der Waals surface area contributed by atoms with Gasteiger partial charge >= 0.3 is 0 Å². The maximum Gasteiger partial charge on any atom is 0.248 e. The summed E-state index contributed by atoms with van der Waals surface area (Å²) < 4.78 is 0. The lowest BCUT2D eigenvalue weighted by molar-refractivity contribution is -0.116. The molecule has 0 atom stereocenters. The van der Waals surface area contributed by atoms with Crippen molar-refractivity contribution in [2.75, 3.05) is 17.2 Å². The van der Waals surface area contributed by atoms with Crippen molar-refractivity contribution in [3.05, 3.63) is 23.8 Å². The minimum atomic E-state index is -0.542. The zero-order chi connectivity index (χ0) is 13.9. The molecule has 0 spiro atoms. The number of carbonyl (C=O) groups is 2. The maximum atomic E-state index is 11.0. The number of amides is 2. The van der Waals surface area contributed by atoms with E-state index >= 15 is 0 Å². The van der Waals surface area contributed by atoms with Gasteiger partial charge in [-0.3, -0.25) is 9.59 Å².